The zero-order chi connectivity index (χ0) is 21.9. The van der Waals surface area contributed by atoms with Crippen LogP contribution in [-0.2, 0) is 10.0 Å². The minimum absolute atomic E-state index is 0.169. The third-order valence-electron chi connectivity index (χ3n) is 5.12. The van der Waals surface area contributed by atoms with Crippen LogP contribution in [0.1, 0.15) is 45.6 Å². The minimum atomic E-state index is -3.74. The second-order valence-electron chi connectivity index (χ2n) is 7.45. The third-order valence-corrected chi connectivity index (χ3v) is 6.50. The van der Waals surface area contributed by atoms with Crippen molar-refractivity contribution in [2.75, 3.05) is 4.72 Å². The minimum Gasteiger partial charge on any atom is -0.345 e. The Morgan fingerprint density at radius 1 is 0.900 bits per heavy atom. The zero-order valence-electron chi connectivity index (χ0n) is 17.6. The number of benzene rings is 3. The number of hydrogen-bond donors (Lipinski definition) is 2. The highest BCUT2D eigenvalue weighted by atomic mass is 32.2. The van der Waals surface area contributed by atoms with Crippen LogP contribution in [0, 0.1) is 20.8 Å². The van der Waals surface area contributed by atoms with E-state index in [9.17, 15) is 13.2 Å². The molecule has 5 nitrogen and oxygen atoms in total. The molecule has 0 spiro atoms. The summed E-state index contributed by atoms with van der Waals surface area (Å²) < 4.78 is 27.9. The molecule has 0 saturated heterocycles. The predicted octanol–water partition coefficient (Wildman–Crippen LogP) is 4.90. The van der Waals surface area contributed by atoms with E-state index < -0.39 is 10.0 Å². The van der Waals surface area contributed by atoms with Crippen LogP contribution in [0.3, 0.4) is 0 Å². The topological polar surface area (TPSA) is 75.3 Å². The van der Waals surface area contributed by atoms with Gasteiger partial charge in [-0.2, -0.15) is 0 Å². The van der Waals surface area contributed by atoms with E-state index in [0.29, 0.717) is 16.8 Å². The molecule has 0 bridgehead atoms. The van der Waals surface area contributed by atoms with Crippen LogP contribution < -0.4 is 10.0 Å². The maximum Gasteiger partial charge on any atom is 0.261 e. The molecule has 0 aliphatic carbocycles. The zero-order valence-corrected chi connectivity index (χ0v) is 18.4. The van der Waals surface area contributed by atoms with E-state index >= 15 is 0 Å². The van der Waals surface area contributed by atoms with E-state index in [-0.39, 0.29) is 16.8 Å². The molecule has 3 rings (SSSR count). The second kappa shape index (κ2) is 8.71. The van der Waals surface area contributed by atoms with Crippen molar-refractivity contribution in [1.82, 2.24) is 5.32 Å². The third kappa shape index (κ3) is 4.71. The van der Waals surface area contributed by atoms with Crippen LogP contribution in [0.15, 0.2) is 71.6 Å². The van der Waals surface area contributed by atoms with Gasteiger partial charge in [0.15, 0.2) is 0 Å². The van der Waals surface area contributed by atoms with Gasteiger partial charge >= 0.3 is 0 Å². The number of nitrogens with one attached hydrogen (secondary N) is 2. The highest BCUT2D eigenvalue weighted by Crippen LogP contribution is 2.24. The fourth-order valence-corrected chi connectivity index (χ4v) is 4.60. The summed E-state index contributed by atoms with van der Waals surface area (Å²) >= 11 is 0. The Kier molecular flexibility index (Phi) is 6.27. The monoisotopic (exact) mass is 422 g/mol. The molecule has 6 heteroatoms. The summed E-state index contributed by atoms with van der Waals surface area (Å²) in [7, 11) is -3.74. The van der Waals surface area contributed by atoms with Gasteiger partial charge in [-0.25, -0.2) is 8.42 Å². The first-order valence-corrected chi connectivity index (χ1v) is 11.2. The molecule has 156 valence electrons. The van der Waals surface area contributed by atoms with Gasteiger partial charge in [-0.1, -0.05) is 48.0 Å². The molecule has 0 unspecified atom stereocenters. The molecule has 3 aromatic carbocycles. The Bertz CT molecular complexity index is 1170. The Morgan fingerprint density at radius 3 is 2.27 bits per heavy atom. The molecule has 3 aromatic rings. The summed E-state index contributed by atoms with van der Waals surface area (Å²) in [5.74, 6) is -0.249. The highest BCUT2D eigenvalue weighted by Gasteiger charge is 2.19. The summed E-state index contributed by atoms with van der Waals surface area (Å²) in [6, 6.07) is 19.1. The molecule has 0 saturated carbocycles. The smallest absolute Gasteiger partial charge is 0.261 e. The average Bonchev–Trinajstić information content (AvgIpc) is 2.70. The number of amides is 1. The van der Waals surface area contributed by atoms with Crippen molar-refractivity contribution in [1.29, 1.82) is 0 Å². The number of hydrogen-bond acceptors (Lipinski definition) is 3. The second-order valence-corrected chi connectivity index (χ2v) is 9.13. The van der Waals surface area contributed by atoms with Crippen molar-refractivity contribution in [3.05, 3.63) is 94.5 Å². The van der Waals surface area contributed by atoms with Crippen molar-refractivity contribution >= 4 is 21.6 Å². The van der Waals surface area contributed by atoms with Crippen LogP contribution >= 0.6 is 0 Å². The van der Waals surface area contributed by atoms with Crippen molar-refractivity contribution in [2.45, 2.75) is 38.6 Å². The lowest BCUT2D eigenvalue weighted by molar-refractivity contribution is 0.0939. The van der Waals surface area contributed by atoms with Gasteiger partial charge in [0.25, 0.3) is 15.9 Å². The molecule has 2 N–H and O–H groups in total. The summed E-state index contributed by atoms with van der Waals surface area (Å²) in [4.78, 5) is 13.1. The molecule has 0 radical (unpaired) electrons. The lowest BCUT2D eigenvalue weighted by atomic mass is 9.99. The first kappa shape index (κ1) is 21.6. The van der Waals surface area contributed by atoms with Gasteiger partial charge < -0.3 is 5.32 Å². The fraction of sp³-hybridized carbons (Fsp3) is 0.208. The molecule has 0 aliphatic heterocycles. The summed E-state index contributed by atoms with van der Waals surface area (Å²) in [6.45, 7) is 7.73. The van der Waals surface area contributed by atoms with Crippen LogP contribution in [-0.4, -0.2) is 14.3 Å². The summed E-state index contributed by atoms with van der Waals surface area (Å²) in [6.07, 6.45) is 0. The molecular formula is C24H26N2O3S. The van der Waals surface area contributed by atoms with Crippen LogP contribution in [0.2, 0.25) is 0 Å². The number of carbonyl (C=O) groups excluding carboxylic acids is 1. The lowest BCUT2D eigenvalue weighted by Crippen LogP contribution is -2.28. The van der Waals surface area contributed by atoms with Crippen LogP contribution in [0.5, 0.6) is 0 Å². The van der Waals surface area contributed by atoms with Crippen molar-refractivity contribution in [3.8, 4) is 0 Å². The van der Waals surface area contributed by atoms with Crippen molar-refractivity contribution in [2.24, 2.45) is 0 Å². The van der Waals surface area contributed by atoms with Crippen molar-refractivity contribution < 1.29 is 13.2 Å². The van der Waals surface area contributed by atoms with Crippen LogP contribution in [0.25, 0.3) is 0 Å². The van der Waals surface area contributed by atoms with Gasteiger partial charge in [0.05, 0.1) is 16.6 Å². The maximum atomic E-state index is 12.9. The Balaban J connectivity index is 1.83. The van der Waals surface area contributed by atoms with Gasteiger partial charge in [0, 0.05) is 5.56 Å². The average molecular weight is 423 g/mol. The molecule has 0 heterocycles. The normalized spacial score (nSPS) is 12.3. The lowest BCUT2D eigenvalue weighted by Gasteiger charge is -2.19. The SMILES string of the molecule is Cc1ccc([C@H](C)NC(=O)c2cccc(NS(=O)(=O)c3ccccc3)c2C)c(C)c1. The molecule has 0 fully saturated rings. The van der Waals surface area contributed by atoms with Gasteiger partial charge in [-0.3, -0.25) is 9.52 Å². The number of aryl methyl sites for hydroxylation is 2. The Morgan fingerprint density at radius 2 is 1.60 bits per heavy atom. The number of carbonyl (C=O) groups is 1. The van der Waals surface area contributed by atoms with Gasteiger partial charge in [0.2, 0.25) is 0 Å². The van der Waals surface area contributed by atoms with E-state index in [1.807, 2.05) is 32.9 Å². The standard InChI is InChI=1S/C24H26N2O3S/c1-16-13-14-21(17(2)15-16)19(4)25-24(27)22-11-8-12-23(18(22)3)26-30(28,29)20-9-6-5-7-10-20/h5-15,19,26H,1-4H3,(H,25,27)/t19-/m0/s1. The highest BCUT2D eigenvalue weighted by molar-refractivity contribution is 7.92. The number of sulfonamides is 1. The summed E-state index contributed by atoms with van der Waals surface area (Å²) in [5, 5.41) is 3.02. The van der Waals surface area contributed by atoms with Gasteiger partial charge in [-0.05, 0) is 68.7 Å². The van der Waals surface area contributed by atoms with Gasteiger partial charge in [-0.15, -0.1) is 0 Å². The molecule has 0 aromatic heterocycles. The molecule has 30 heavy (non-hydrogen) atoms. The van der Waals surface area contributed by atoms with E-state index in [2.05, 4.69) is 16.1 Å². The Labute approximate surface area is 178 Å². The Hall–Kier alpha value is -3.12. The fourth-order valence-electron chi connectivity index (χ4n) is 3.46. The summed E-state index contributed by atoms with van der Waals surface area (Å²) in [5.41, 5.74) is 4.72. The largest absolute Gasteiger partial charge is 0.345 e. The molecule has 1 amide bonds. The first-order valence-electron chi connectivity index (χ1n) is 9.74. The van der Waals surface area contributed by atoms with E-state index in [1.165, 1.54) is 17.7 Å². The molecular weight excluding hydrogens is 396 g/mol. The quantitative estimate of drug-likeness (QED) is 0.593. The predicted molar refractivity (Wildman–Crippen MR) is 120 cm³/mol. The molecule has 1 atom stereocenters. The van der Waals surface area contributed by atoms with E-state index in [0.717, 1.165) is 11.1 Å². The van der Waals surface area contributed by atoms with Gasteiger partial charge in [0.1, 0.15) is 0 Å². The number of rotatable bonds is 6. The van der Waals surface area contributed by atoms with E-state index in [4.69, 9.17) is 0 Å². The molecule has 0 aliphatic rings. The van der Waals surface area contributed by atoms with Crippen molar-refractivity contribution in [3.63, 3.8) is 0 Å². The number of anilines is 1. The van der Waals surface area contributed by atoms with Crippen LogP contribution in [0.4, 0.5) is 5.69 Å². The maximum absolute atomic E-state index is 12.9. The van der Waals surface area contributed by atoms with E-state index in [1.54, 1.807) is 43.3 Å². The first-order chi connectivity index (χ1) is 14.2.